The van der Waals surface area contributed by atoms with Gasteiger partial charge in [-0.1, -0.05) is 18.5 Å². The molecule has 0 radical (unpaired) electrons. The Kier molecular flexibility index (Phi) is 5.53. The fourth-order valence-corrected chi connectivity index (χ4v) is 6.70. The first kappa shape index (κ1) is 16.7. The first-order valence-corrected chi connectivity index (χ1v) is 9.94. The molecule has 1 atom stereocenters. The van der Waals surface area contributed by atoms with E-state index < -0.39 is 10.0 Å². The molecule has 20 heavy (non-hydrogen) atoms. The van der Waals surface area contributed by atoms with Crippen LogP contribution in [0.4, 0.5) is 0 Å². The maximum atomic E-state index is 12.8. The summed E-state index contributed by atoms with van der Waals surface area (Å²) in [5.41, 5.74) is 0. The zero-order valence-corrected chi connectivity index (χ0v) is 15.4. The summed E-state index contributed by atoms with van der Waals surface area (Å²) in [5.74, 6) is 0. The summed E-state index contributed by atoms with van der Waals surface area (Å²) in [5, 5.41) is 0.452. The van der Waals surface area contributed by atoms with Gasteiger partial charge in [0.1, 0.15) is 4.21 Å². The fourth-order valence-electron chi connectivity index (χ4n) is 2.44. The third-order valence-electron chi connectivity index (χ3n) is 3.50. The zero-order valence-electron chi connectivity index (χ0n) is 11.5. The van der Waals surface area contributed by atoms with Gasteiger partial charge in [0.05, 0.1) is 8.81 Å². The van der Waals surface area contributed by atoms with Gasteiger partial charge in [0, 0.05) is 19.1 Å². The molecule has 1 aliphatic heterocycles. The maximum absolute atomic E-state index is 12.8. The normalized spacial score (nSPS) is 22.9. The number of halogens is 2. The fraction of sp³-hybridized carbons (Fsp3) is 0.667. The molecule has 1 aromatic heterocycles. The van der Waals surface area contributed by atoms with Crippen LogP contribution in [0.1, 0.15) is 19.8 Å². The van der Waals surface area contributed by atoms with Gasteiger partial charge in [0.25, 0.3) is 10.0 Å². The third-order valence-corrected chi connectivity index (χ3v) is 8.38. The van der Waals surface area contributed by atoms with E-state index >= 15 is 0 Å². The summed E-state index contributed by atoms with van der Waals surface area (Å²) in [6, 6.07) is 1.56. The predicted octanol–water partition coefficient (Wildman–Crippen LogP) is 3.27. The van der Waals surface area contributed by atoms with E-state index in [0.717, 1.165) is 25.9 Å². The highest BCUT2D eigenvalue weighted by Crippen LogP contribution is 2.36. The number of rotatable bonds is 3. The number of thiophene rings is 1. The minimum absolute atomic E-state index is 0.0205. The Morgan fingerprint density at radius 2 is 2.20 bits per heavy atom. The molecule has 1 aromatic rings. The average molecular weight is 402 g/mol. The lowest BCUT2D eigenvalue weighted by atomic mass is 10.2. The van der Waals surface area contributed by atoms with Gasteiger partial charge in [-0.05, 0) is 48.4 Å². The average Bonchev–Trinajstić information content (AvgIpc) is 2.62. The molecular weight excluding hydrogens is 384 g/mol. The summed E-state index contributed by atoms with van der Waals surface area (Å²) in [6.45, 7) is 4.30. The second-order valence-corrected chi connectivity index (χ2v) is 9.88. The van der Waals surface area contributed by atoms with Gasteiger partial charge in [-0.15, -0.1) is 11.3 Å². The Hall–Kier alpha value is 0.340. The van der Waals surface area contributed by atoms with Crippen LogP contribution in [0.3, 0.4) is 0 Å². The van der Waals surface area contributed by atoms with Crippen LogP contribution in [-0.2, 0) is 10.0 Å². The Bertz CT molecular complexity index is 557. The highest BCUT2D eigenvalue weighted by atomic mass is 79.9. The SMILES string of the molecule is CCC1CN(C)CCCN1S(=O)(=O)c1cc(Cl)c(Br)s1. The van der Waals surface area contributed by atoms with Gasteiger partial charge in [-0.2, -0.15) is 4.31 Å². The van der Waals surface area contributed by atoms with Gasteiger partial charge in [0.15, 0.2) is 0 Å². The minimum atomic E-state index is -3.46. The largest absolute Gasteiger partial charge is 0.305 e. The molecule has 2 rings (SSSR count). The number of hydrogen-bond acceptors (Lipinski definition) is 4. The van der Waals surface area contributed by atoms with E-state index in [1.54, 1.807) is 4.31 Å². The second-order valence-electron chi connectivity index (χ2n) is 4.98. The molecule has 1 unspecified atom stereocenters. The standard InChI is InChI=1S/C12H18BrClN2O2S2/c1-3-9-8-15(2)5-4-6-16(9)20(17,18)11-7-10(14)12(13)19-11/h7,9H,3-6,8H2,1-2H3. The predicted molar refractivity (Wildman–Crippen MR) is 87.1 cm³/mol. The molecule has 0 aromatic carbocycles. The molecule has 1 fully saturated rings. The highest BCUT2D eigenvalue weighted by molar-refractivity contribution is 9.11. The molecule has 4 nitrogen and oxygen atoms in total. The highest BCUT2D eigenvalue weighted by Gasteiger charge is 2.34. The molecule has 0 spiro atoms. The van der Waals surface area contributed by atoms with Crippen LogP contribution in [0.15, 0.2) is 14.1 Å². The number of likely N-dealkylation sites (N-methyl/N-ethyl adjacent to an activating group) is 1. The lowest BCUT2D eigenvalue weighted by Crippen LogP contribution is -2.43. The van der Waals surface area contributed by atoms with E-state index in [0.29, 0.717) is 19.6 Å². The van der Waals surface area contributed by atoms with Gasteiger partial charge in [-0.3, -0.25) is 0 Å². The van der Waals surface area contributed by atoms with Crippen molar-refractivity contribution in [2.75, 3.05) is 26.7 Å². The Morgan fingerprint density at radius 3 is 2.75 bits per heavy atom. The van der Waals surface area contributed by atoms with Crippen molar-refractivity contribution in [3.05, 3.63) is 14.9 Å². The number of nitrogens with zero attached hydrogens (tertiary/aromatic N) is 2. The molecule has 0 N–H and O–H groups in total. The van der Waals surface area contributed by atoms with Crippen molar-refractivity contribution in [3.8, 4) is 0 Å². The minimum Gasteiger partial charge on any atom is -0.305 e. The Morgan fingerprint density at radius 1 is 1.50 bits per heavy atom. The molecule has 0 saturated carbocycles. The van der Waals surface area contributed by atoms with Crippen molar-refractivity contribution >= 4 is 48.9 Å². The smallest absolute Gasteiger partial charge is 0.252 e. The molecule has 2 heterocycles. The van der Waals surface area contributed by atoms with Crippen LogP contribution in [0.2, 0.25) is 5.02 Å². The monoisotopic (exact) mass is 400 g/mol. The van der Waals surface area contributed by atoms with Gasteiger partial charge in [-0.25, -0.2) is 8.42 Å². The molecule has 114 valence electrons. The second kappa shape index (κ2) is 6.62. The van der Waals surface area contributed by atoms with Crippen molar-refractivity contribution in [1.82, 2.24) is 9.21 Å². The molecule has 0 bridgehead atoms. The van der Waals surface area contributed by atoms with Crippen molar-refractivity contribution in [2.45, 2.75) is 30.0 Å². The molecule has 1 saturated heterocycles. The van der Waals surface area contributed by atoms with Crippen LogP contribution in [0.25, 0.3) is 0 Å². The van der Waals surface area contributed by atoms with Crippen LogP contribution in [-0.4, -0.2) is 50.3 Å². The van der Waals surface area contributed by atoms with Crippen LogP contribution < -0.4 is 0 Å². The van der Waals surface area contributed by atoms with Crippen molar-refractivity contribution < 1.29 is 8.42 Å². The molecule has 1 aliphatic rings. The summed E-state index contributed by atoms with van der Waals surface area (Å²) >= 11 is 10.4. The molecule has 0 amide bonds. The van der Waals surface area contributed by atoms with Gasteiger partial charge in [0.2, 0.25) is 0 Å². The van der Waals surface area contributed by atoms with Gasteiger partial charge < -0.3 is 4.90 Å². The molecule has 8 heteroatoms. The quantitative estimate of drug-likeness (QED) is 0.780. The lowest BCUT2D eigenvalue weighted by Gasteiger charge is -2.28. The van der Waals surface area contributed by atoms with Crippen molar-refractivity contribution in [2.24, 2.45) is 0 Å². The first-order valence-electron chi connectivity index (χ1n) is 6.51. The Labute approximate surface area is 137 Å². The zero-order chi connectivity index (χ0) is 14.9. The van der Waals surface area contributed by atoms with Crippen LogP contribution >= 0.6 is 38.9 Å². The third kappa shape index (κ3) is 3.39. The van der Waals surface area contributed by atoms with E-state index in [9.17, 15) is 8.42 Å². The van der Waals surface area contributed by atoms with E-state index in [1.165, 1.54) is 17.4 Å². The van der Waals surface area contributed by atoms with Crippen LogP contribution in [0, 0.1) is 0 Å². The van der Waals surface area contributed by atoms with Gasteiger partial charge >= 0.3 is 0 Å². The van der Waals surface area contributed by atoms with E-state index in [2.05, 4.69) is 20.8 Å². The summed E-state index contributed by atoms with van der Waals surface area (Å²) in [4.78, 5) is 2.20. The van der Waals surface area contributed by atoms with Crippen LogP contribution in [0.5, 0.6) is 0 Å². The first-order chi connectivity index (χ1) is 9.36. The topological polar surface area (TPSA) is 40.6 Å². The Balaban J connectivity index is 2.35. The lowest BCUT2D eigenvalue weighted by molar-refractivity contribution is 0.270. The number of sulfonamides is 1. The van der Waals surface area contributed by atoms with E-state index in [1.807, 2.05) is 14.0 Å². The molecular formula is C12H18BrClN2O2S2. The van der Waals surface area contributed by atoms with Crippen molar-refractivity contribution in [3.63, 3.8) is 0 Å². The van der Waals surface area contributed by atoms with E-state index in [4.69, 9.17) is 11.6 Å². The number of hydrogen-bond donors (Lipinski definition) is 0. The van der Waals surface area contributed by atoms with E-state index in [-0.39, 0.29) is 6.04 Å². The summed E-state index contributed by atoms with van der Waals surface area (Å²) in [6.07, 6.45) is 1.66. The molecule has 0 aliphatic carbocycles. The summed E-state index contributed by atoms with van der Waals surface area (Å²) in [7, 11) is -1.42. The van der Waals surface area contributed by atoms with Crippen molar-refractivity contribution in [1.29, 1.82) is 0 Å². The maximum Gasteiger partial charge on any atom is 0.252 e. The summed E-state index contributed by atoms with van der Waals surface area (Å²) < 4.78 is 28.3.